The standard InChI is InChI=1S/C14H26N2O4/c1-10(11(17)18)7-15(6)12(19)16-8-13(2,3)20-14(4,5)9-16/h10H,7-9H2,1-6H3,(H,17,18). The van der Waals surface area contributed by atoms with Gasteiger partial charge in [-0.05, 0) is 27.7 Å². The smallest absolute Gasteiger partial charge is 0.319 e. The Morgan fingerprint density at radius 2 is 1.70 bits per heavy atom. The van der Waals surface area contributed by atoms with Crippen LogP contribution in [0.1, 0.15) is 34.6 Å². The fourth-order valence-electron chi connectivity index (χ4n) is 2.73. The summed E-state index contributed by atoms with van der Waals surface area (Å²) in [7, 11) is 1.64. The summed E-state index contributed by atoms with van der Waals surface area (Å²) in [5.41, 5.74) is -0.812. The molecule has 0 bridgehead atoms. The molecule has 1 unspecified atom stereocenters. The quantitative estimate of drug-likeness (QED) is 0.856. The van der Waals surface area contributed by atoms with Gasteiger partial charge < -0.3 is 19.6 Å². The van der Waals surface area contributed by atoms with E-state index in [2.05, 4.69) is 0 Å². The molecule has 0 aromatic carbocycles. The Bertz CT molecular complexity index is 377. The van der Waals surface area contributed by atoms with Crippen LogP contribution in [0, 0.1) is 5.92 Å². The molecule has 0 aromatic rings. The van der Waals surface area contributed by atoms with E-state index in [1.807, 2.05) is 27.7 Å². The number of carbonyl (C=O) groups is 2. The number of carboxylic acid groups (broad SMARTS) is 1. The molecule has 6 nitrogen and oxygen atoms in total. The maximum atomic E-state index is 12.4. The molecular formula is C14H26N2O4. The molecule has 1 N–H and O–H groups in total. The molecule has 0 aromatic heterocycles. The predicted octanol–water partition coefficient (Wildman–Crippen LogP) is 1.65. The van der Waals surface area contributed by atoms with E-state index in [-0.39, 0.29) is 12.6 Å². The highest BCUT2D eigenvalue weighted by atomic mass is 16.5. The summed E-state index contributed by atoms with van der Waals surface area (Å²) in [5.74, 6) is -1.47. The lowest BCUT2D eigenvalue weighted by Crippen LogP contribution is -2.60. The van der Waals surface area contributed by atoms with Gasteiger partial charge in [0.25, 0.3) is 0 Å². The van der Waals surface area contributed by atoms with Crippen LogP contribution in [0.2, 0.25) is 0 Å². The minimum Gasteiger partial charge on any atom is -0.481 e. The third-order valence-corrected chi connectivity index (χ3v) is 3.26. The Balaban J connectivity index is 2.73. The number of ether oxygens (including phenoxy) is 1. The number of hydrogen-bond acceptors (Lipinski definition) is 3. The van der Waals surface area contributed by atoms with E-state index in [1.165, 1.54) is 4.90 Å². The number of carbonyl (C=O) groups excluding carboxylic acids is 1. The number of amides is 2. The highest BCUT2D eigenvalue weighted by Crippen LogP contribution is 2.28. The first kappa shape index (κ1) is 16.8. The molecule has 1 aliphatic heterocycles. The molecule has 1 heterocycles. The van der Waals surface area contributed by atoms with Gasteiger partial charge in [0.2, 0.25) is 0 Å². The number of carboxylic acids is 1. The van der Waals surface area contributed by atoms with Crippen LogP contribution in [0.15, 0.2) is 0 Å². The van der Waals surface area contributed by atoms with E-state index in [0.717, 1.165) is 0 Å². The molecule has 0 saturated carbocycles. The summed E-state index contributed by atoms with van der Waals surface area (Å²) >= 11 is 0. The van der Waals surface area contributed by atoms with Crippen molar-refractivity contribution < 1.29 is 19.4 Å². The summed E-state index contributed by atoms with van der Waals surface area (Å²) in [5, 5.41) is 8.92. The lowest BCUT2D eigenvalue weighted by atomic mass is 9.99. The monoisotopic (exact) mass is 286 g/mol. The highest BCUT2D eigenvalue weighted by molar-refractivity contribution is 5.76. The molecule has 116 valence electrons. The first-order chi connectivity index (χ1) is 8.93. The summed E-state index contributed by atoms with van der Waals surface area (Å²) in [6.07, 6.45) is 0. The molecule has 0 spiro atoms. The van der Waals surface area contributed by atoms with Gasteiger partial charge >= 0.3 is 12.0 Å². The van der Waals surface area contributed by atoms with Gasteiger partial charge in [-0.2, -0.15) is 0 Å². The van der Waals surface area contributed by atoms with E-state index >= 15 is 0 Å². The van der Waals surface area contributed by atoms with Gasteiger partial charge in [-0.25, -0.2) is 4.79 Å². The fraction of sp³-hybridized carbons (Fsp3) is 0.857. The van der Waals surface area contributed by atoms with Crippen molar-refractivity contribution in [3.8, 4) is 0 Å². The van der Waals surface area contributed by atoms with Gasteiger partial charge in [-0.1, -0.05) is 6.92 Å². The second-order valence-electron chi connectivity index (χ2n) is 6.88. The summed E-state index contributed by atoms with van der Waals surface area (Å²) in [4.78, 5) is 26.5. The fourth-order valence-corrected chi connectivity index (χ4v) is 2.73. The summed E-state index contributed by atoms with van der Waals surface area (Å²) < 4.78 is 5.93. The number of nitrogens with zero attached hydrogens (tertiary/aromatic N) is 2. The van der Waals surface area contributed by atoms with E-state index in [4.69, 9.17) is 9.84 Å². The molecule has 6 heteroatoms. The average Bonchev–Trinajstić information content (AvgIpc) is 2.23. The third kappa shape index (κ3) is 4.37. The van der Waals surface area contributed by atoms with Gasteiger partial charge in [0.1, 0.15) is 0 Å². The van der Waals surface area contributed by atoms with Crippen LogP contribution in [-0.4, -0.2) is 64.8 Å². The van der Waals surface area contributed by atoms with Crippen LogP contribution in [0.25, 0.3) is 0 Å². The Morgan fingerprint density at radius 3 is 2.10 bits per heavy atom. The van der Waals surface area contributed by atoms with E-state index in [0.29, 0.717) is 13.1 Å². The van der Waals surface area contributed by atoms with E-state index in [9.17, 15) is 9.59 Å². The molecule has 2 amide bonds. The first-order valence-electron chi connectivity index (χ1n) is 6.86. The number of aliphatic carboxylic acids is 1. The lowest BCUT2D eigenvalue weighted by molar-refractivity contribution is -0.171. The largest absolute Gasteiger partial charge is 0.481 e. The van der Waals surface area contributed by atoms with Crippen molar-refractivity contribution >= 4 is 12.0 Å². The number of urea groups is 1. The molecule has 1 rings (SSSR count). The van der Waals surface area contributed by atoms with Crippen molar-refractivity contribution in [2.24, 2.45) is 5.92 Å². The zero-order valence-electron chi connectivity index (χ0n) is 13.3. The van der Waals surface area contributed by atoms with Crippen molar-refractivity contribution in [1.82, 2.24) is 9.80 Å². The van der Waals surface area contributed by atoms with Gasteiger partial charge in [0.05, 0.1) is 30.2 Å². The van der Waals surface area contributed by atoms with Gasteiger partial charge in [-0.15, -0.1) is 0 Å². The molecular weight excluding hydrogens is 260 g/mol. The normalized spacial score (nSPS) is 22.2. The minimum atomic E-state index is -0.896. The van der Waals surface area contributed by atoms with Crippen LogP contribution in [0.3, 0.4) is 0 Å². The van der Waals surface area contributed by atoms with Crippen LogP contribution < -0.4 is 0 Å². The Labute approximate surface area is 120 Å². The van der Waals surface area contributed by atoms with Gasteiger partial charge in [0, 0.05) is 13.6 Å². The van der Waals surface area contributed by atoms with Crippen LogP contribution >= 0.6 is 0 Å². The van der Waals surface area contributed by atoms with Crippen molar-refractivity contribution in [1.29, 1.82) is 0 Å². The Hall–Kier alpha value is -1.30. The summed E-state index contributed by atoms with van der Waals surface area (Å²) in [6, 6.07) is -0.150. The van der Waals surface area contributed by atoms with Crippen molar-refractivity contribution in [2.75, 3.05) is 26.7 Å². The zero-order chi connectivity index (χ0) is 15.7. The van der Waals surface area contributed by atoms with E-state index in [1.54, 1.807) is 18.9 Å². The lowest BCUT2D eigenvalue weighted by Gasteiger charge is -2.47. The maximum absolute atomic E-state index is 12.4. The van der Waals surface area contributed by atoms with Crippen LogP contribution in [0.5, 0.6) is 0 Å². The molecule has 0 radical (unpaired) electrons. The molecule has 1 saturated heterocycles. The number of rotatable bonds is 3. The Morgan fingerprint density at radius 1 is 1.25 bits per heavy atom. The molecule has 1 aliphatic rings. The predicted molar refractivity (Wildman–Crippen MR) is 75.6 cm³/mol. The van der Waals surface area contributed by atoms with E-state index < -0.39 is 23.1 Å². The zero-order valence-corrected chi connectivity index (χ0v) is 13.3. The molecule has 0 aliphatic carbocycles. The average molecular weight is 286 g/mol. The number of morpholine rings is 1. The van der Waals surface area contributed by atoms with Crippen molar-refractivity contribution in [2.45, 2.75) is 45.8 Å². The maximum Gasteiger partial charge on any atom is 0.319 e. The topological polar surface area (TPSA) is 70.1 Å². The van der Waals surface area contributed by atoms with Gasteiger partial charge in [-0.3, -0.25) is 4.79 Å². The molecule has 1 fully saturated rings. The third-order valence-electron chi connectivity index (χ3n) is 3.26. The van der Waals surface area contributed by atoms with Crippen molar-refractivity contribution in [3.05, 3.63) is 0 Å². The second-order valence-corrected chi connectivity index (χ2v) is 6.88. The minimum absolute atomic E-state index is 0.150. The van der Waals surface area contributed by atoms with Crippen molar-refractivity contribution in [3.63, 3.8) is 0 Å². The van der Waals surface area contributed by atoms with Crippen LogP contribution in [-0.2, 0) is 9.53 Å². The second kappa shape index (κ2) is 5.60. The SMILES string of the molecule is CC(CN(C)C(=O)N1CC(C)(C)OC(C)(C)C1)C(=O)O. The molecule has 20 heavy (non-hydrogen) atoms. The highest BCUT2D eigenvalue weighted by Gasteiger charge is 2.40. The Kier molecular flexibility index (Phi) is 4.69. The summed E-state index contributed by atoms with van der Waals surface area (Å²) in [6.45, 7) is 10.6. The first-order valence-corrected chi connectivity index (χ1v) is 6.86. The number of hydrogen-bond donors (Lipinski definition) is 1. The van der Waals surface area contributed by atoms with Crippen LogP contribution in [0.4, 0.5) is 4.79 Å². The molecule has 1 atom stereocenters. The van der Waals surface area contributed by atoms with Gasteiger partial charge in [0.15, 0.2) is 0 Å².